The van der Waals surface area contributed by atoms with E-state index in [-0.39, 0.29) is 18.4 Å². The van der Waals surface area contributed by atoms with Crippen LogP contribution in [-0.4, -0.2) is 61.6 Å². The van der Waals surface area contributed by atoms with Gasteiger partial charge in [-0.05, 0) is 31.0 Å². The summed E-state index contributed by atoms with van der Waals surface area (Å²) in [5, 5.41) is 0. The third kappa shape index (κ3) is 4.22. The summed E-state index contributed by atoms with van der Waals surface area (Å²) in [6.07, 6.45) is 0.734. The van der Waals surface area contributed by atoms with Crippen molar-refractivity contribution in [1.29, 1.82) is 0 Å². The van der Waals surface area contributed by atoms with Crippen molar-refractivity contribution in [2.75, 3.05) is 33.9 Å². The zero-order chi connectivity index (χ0) is 16.8. The van der Waals surface area contributed by atoms with Crippen LogP contribution in [0.15, 0.2) is 24.3 Å². The van der Waals surface area contributed by atoms with E-state index in [1.165, 1.54) is 0 Å². The van der Waals surface area contributed by atoms with Crippen LogP contribution in [0, 0.1) is 0 Å². The topological polar surface area (TPSA) is 59.1 Å². The fourth-order valence-corrected chi connectivity index (χ4v) is 2.73. The molecule has 23 heavy (non-hydrogen) atoms. The minimum atomic E-state index is -0.425. The van der Waals surface area contributed by atoms with Gasteiger partial charge in [0.2, 0.25) is 11.8 Å². The number of nitrogens with zero attached hydrogens (tertiary/aromatic N) is 2. The Hall–Kier alpha value is -2.08. The second-order valence-corrected chi connectivity index (χ2v) is 5.65. The second-order valence-electron chi connectivity index (χ2n) is 5.65. The Morgan fingerprint density at radius 2 is 1.87 bits per heavy atom. The van der Waals surface area contributed by atoms with Crippen LogP contribution < -0.4 is 4.74 Å². The third-order valence-corrected chi connectivity index (χ3v) is 4.06. The van der Waals surface area contributed by atoms with E-state index in [4.69, 9.17) is 9.47 Å². The average molecular weight is 320 g/mol. The number of carbonyl (C=O) groups excluding carboxylic acids is 2. The van der Waals surface area contributed by atoms with Crippen molar-refractivity contribution in [2.45, 2.75) is 25.9 Å². The van der Waals surface area contributed by atoms with Crippen molar-refractivity contribution in [3.05, 3.63) is 29.8 Å². The SMILES string of the molecule is COCCCN1C(=O)CN(Cc2ccc(OC)cc2)C(=O)[C@@H]1C. The van der Waals surface area contributed by atoms with Gasteiger partial charge in [-0.1, -0.05) is 12.1 Å². The Kier molecular flexibility index (Phi) is 5.98. The summed E-state index contributed by atoms with van der Waals surface area (Å²) in [7, 11) is 3.24. The molecule has 0 radical (unpaired) electrons. The molecule has 1 atom stereocenters. The van der Waals surface area contributed by atoms with Gasteiger partial charge in [0.1, 0.15) is 18.3 Å². The number of hydrogen-bond acceptors (Lipinski definition) is 4. The molecule has 126 valence electrons. The van der Waals surface area contributed by atoms with Crippen molar-refractivity contribution in [3.8, 4) is 5.75 Å². The van der Waals surface area contributed by atoms with E-state index >= 15 is 0 Å². The summed E-state index contributed by atoms with van der Waals surface area (Å²) in [4.78, 5) is 28.1. The molecule has 1 aliphatic rings. The zero-order valence-electron chi connectivity index (χ0n) is 13.9. The largest absolute Gasteiger partial charge is 0.497 e. The molecule has 2 amide bonds. The van der Waals surface area contributed by atoms with Crippen molar-refractivity contribution >= 4 is 11.8 Å². The van der Waals surface area contributed by atoms with Gasteiger partial charge in [0.25, 0.3) is 0 Å². The highest BCUT2D eigenvalue weighted by Gasteiger charge is 2.35. The first-order valence-corrected chi connectivity index (χ1v) is 7.77. The third-order valence-electron chi connectivity index (χ3n) is 4.06. The molecule has 6 nitrogen and oxygen atoms in total. The fraction of sp³-hybridized carbons (Fsp3) is 0.529. The van der Waals surface area contributed by atoms with Crippen LogP contribution >= 0.6 is 0 Å². The molecule has 0 bridgehead atoms. The van der Waals surface area contributed by atoms with Gasteiger partial charge in [-0.15, -0.1) is 0 Å². The molecule has 1 aliphatic heterocycles. The van der Waals surface area contributed by atoms with Gasteiger partial charge in [-0.2, -0.15) is 0 Å². The number of methoxy groups -OCH3 is 2. The summed E-state index contributed by atoms with van der Waals surface area (Å²) in [5.74, 6) is 0.743. The van der Waals surface area contributed by atoms with Gasteiger partial charge >= 0.3 is 0 Å². The van der Waals surface area contributed by atoms with Crippen molar-refractivity contribution in [2.24, 2.45) is 0 Å². The molecule has 0 spiro atoms. The van der Waals surface area contributed by atoms with Crippen LogP contribution in [0.1, 0.15) is 18.9 Å². The highest BCUT2D eigenvalue weighted by atomic mass is 16.5. The number of piperazine rings is 1. The maximum atomic E-state index is 12.5. The molecule has 0 aliphatic carbocycles. The molecule has 0 unspecified atom stereocenters. The van der Waals surface area contributed by atoms with Gasteiger partial charge in [0.05, 0.1) is 7.11 Å². The van der Waals surface area contributed by atoms with Gasteiger partial charge in [-0.25, -0.2) is 0 Å². The number of carbonyl (C=O) groups is 2. The Bertz CT molecular complexity index is 544. The van der Waals surface area contributed by atoms with Crippen LogP contribution in [0.5, 0.6) is 5.75 Å². The van der Waals surface area contributed by atoms with Gasteiger partial charge in [0, 0.05) is 26.8 Å². The highest BCUT2D eigenvalue weighted by Crippen LogP contribution is 2.18. The lowest BCUT2D eigenvalue weighted by molar-refractivity contribution is -0.155. The van der Waals surface area contributed by atoms with Crippen LogP contribution in [0.25, 0.3) is 0 Å². The lowest BCUT2D eigenvalue weighted by atomic mass is 10.1. The maximum Gasteiger partial charge on any atom is 0.245 e. The normalized spacial score (nSPS) is 18.5. The average Bonchev–Trinajstić information content (AvgIpc) is 2.56. The van der Waals surface area contributed by atoms with E-state index < -0.39 is 6.04 Å². The molecule has 0 saturated carbocycles. The first kappa shape index (κ1) is 17.3. The van der Waals surface area contributed by atoms with Gasteiger partial charge in [-0.3, -0.25) is 9.59 Å². The van der Waals surface area contributed by atoms with Crippen molar-refractivity contribution in [3.63, 3.8) is 0 Å². The summed E-state index contributed by atoms with van der Waals surface area (Å²) in [6.45, 7) is 3.48. The number of benzene rings is 1. The molecule has 0 aromatic heterocycles. The lowest BCUT2D eigenvalue weighted by Gasteiger charge is -2.38. The van der Waals surface area contributed by atoms with E-state index in [1.54, 1.807) is 30.9 Å². The first-order chi connectivity index (χ1) is 11.1. The van der Waals surface area contributed by atoms with Gasteiger partial charge in [0.15, 0.2) is 0 Å². The quantitative estimate of drug-likeness (QED) is 0.710. The molecule has 1 fully saturated rings. The first-order valence-electron chi connectivity index (χ1n) is 7.77. The van der Waals surface area contributed by atoms with Crippen LogP contribution in [-0.2, 0) is 20.9 Å². The Morgan fingerprint density at radius 3 is 2.48 bits per heavy atom. The molecule has 1 heterocycles. The number of amides is 2. The maximum absolute atomic E-state index is 12.5. The molecule has 6 heteroatoms. The van der Waals surface area contributed by atoms with E-state index in [9.17, 15) is 9.59 Å². The Morgan fingerprint density at radius 1 is 1.17 bits per heavy atom. The molecule has 1 saturated heterocycles. The van der Waals surface area contributed by atoms with E-state index in [1.807, 2.05) is 24.3 Å². The summed E-state index contributed by atoms with van der Waals surface area (Å²) >= 11 is 0. The summed E-state index contributed by atoms with van der Waals surface area (Å²) < 4.78 is 10.1. The molecular formula is C17H24N2O4. The van der Waals surface area contributed by atoms with Crippen LogP contribution in [0.3, 0.4) is 0 Å². The smallest absolute Gasteiger partial charge is 0.245 e. The zero-order valence-corrected chi connectivity index (χ0v) is 13.9. The molecule has 1 aromatic rings. The lowest BCUT2D eigenvalue weighted by Crippen LogP contribution is -2.58. The molecule has 0 N–H and O–H groups in total. The Labute approximate surface area is 137 Å². The monoisotopic (exact) mass is 320 g/mol. The van der Waals surface area contributed by atoms with Gasteiger partial charge < -0.3 is 19.3 Å². The fourth-order valence-electron chi connectivity index (χ4n) is 2.73. The second kappa shape index (κ2) is 7.97. The molecular weight excluding hydrogens is 296 g/mol. The minimum absolute atomic E-state index is 0.0123. The predicted octanol–water partition coefficient (Wildman–Crippen LogP) is 1.29. The van der Waals surface area contributed by atoms with Crippen molar-refractivity contribution in [1.82, 2.24) is 9.80 Å². The van der Waals surface area contributed by atoms with Crippen molar-refractivity contribution < 1.29 is 19.1 Å². The van der Waals surface area contributed by atoms with Crippen LogP contribution in [0.4, 0.5) is 0 Å². The number of ether oxygens (including phenoxy) is 2. The van der Waals surface area contributed by atoms with E-state index in [0.717, 1.165) is 17.7 Å². The van der Waals surface area contributed by atoms with E-state index in [2.05, 4.69) is 0 Å². The predicted molar refractivity (Wildman–Crippen MR) is 86.1 cm³/mol. The van der Waals surface area contributed by atoms with Crippen LogP contribution in [0.2, 0.25) is 0 Å². The summed E-state index contributed by atoms with van der Waals surface area (Å²) in [6, 6.07) is 7.10. The highest BCUT2D eigenvalue weighted by molar-refractivity contribution is 5.94. The number of rotatable bonds is 7. The molecule has 1 aromatic carbocycles. The minimum Gasteiger partial charge on any atom is -0.497 e. The molecule has 2 rings (SSSR count). The standard InChI is InChI=1S/C17H24N2O4/c1-13-17(21)18(11-14-5-7-15(23-3)8-6-14)12-16(20)19(13)9-4-10-22-2/h5-8,13H,4,9-12H2,1-3H3/t13-/m0/s1. The Balaban J connectivity index is 1.99. The summed E-state index contributed by atoms with van der Waals surface area (Å²) in [5.41, 5.74) is 0.979. The number of hydrogen-bond donors (Lipinski definition) is 0. The van der Waals surface area contributed by atoms with E-state index in [0.29, 0.717) is 19.7 Å².